The Labute approximate surface area is 189 Å². The number of anilines is 1. The van der Waals surface area contributed by atoms with E-state index >= 15 is 0 Å². The predicted octanol–water partition coefficient (Wildman–Crippen LogP) is 5.11. The van der Waals surface area contributed by atoms with E-state index < -0.39 is 29.4 Å². The van der Waals surface area contributed by atoms with E-state index in [2.05, 4.69) is 23.7 Å². The number of nitrogens with zero attached hydrogens (tertiary/aromatic N) is 2. The summed E-state index contributed by atoms with van der Waals surface area (Å²) in [6, 6.07) is 13.2. The Bertz CT molecular complexity index is 1230. The van der Waals surface area contributed by atoms with Gasteiger partial charge in [0.05, 0.1) is 4.91 Å². The van der Waals surface area contributed by atoms with Crippen molar-refractivity contribution >= 4 is 51.5 Å². The highest BCUT2D eigenvalue weighted by atomic mass is 32.2. The second-order valence-electron chi connectivity index (χ2n) is 7.97. The fourth-order valence-electron chi connectivity index (χ4n) is 3.59. The van der Waals surface area contributed by atoms with Crippen LogP contribution >= 0.6 is 11.8 Å². The summed E-state index contributed by atoms with van der Waals surface area (Å²) >= 11 is 0.818. The van der Waals surface area contributed by atoms with Gasteiger partial charge in [0.2, 0.25) is 5.91 Å². The minimum atomic E-state index is -0.534. The van der Waals surface area contributed by atoms with Gasteiger partial charge in [-0.1, -0.05) is 32.0 Å². The number of carbonyl (C=O) groups is 3. The van der Waals surface area contributed by atoms with Crippen LogP contribution in [0.15, 0.2) is 59.6 Å². The molecule has 0 saturated carbocycles. The number of nitrogens with one attached hydrogen (secondary N) is 1. The summed E-state index contributed by atoms with van der Waals surface area (Å²) < 4.78 is 15.2. The lowest BCUT2D eigenvalue weighted by atomic mass is 10.1. The van der Waals surface area contributed by atoms with Crippen LogP contribution in [0.25, 0.3) is 17.0 Å². The third kappa shape index (κ3) is 4.60. The van der Waals surface area contributed by atoms with E-state index in [-0.39, 0.29) is 4.91 Å². The van der Waals surface area contributed by atoms with E-state index in [0.717, 1.165) is 39.7 Å². The third-order valence-electron chi connectivity index (χ3n) is 4.97. The monoisotopic (exact) mass is 451 g/mol. The Hall–Kier alpha value is -3.39. The molecule has 0 bridgehead atoms. The van der Waals surface area contributed by atoms with Crippen LogP contribution in [0.5, 0.6) is 0 Å². The summed E-state index contributed by atoms with van der Waals surface area (Å²) in [6.45, 7) is 4.70. The molecule has 1 saturated heterocycles. The second kappa shape index (κ2) is 9.00. The number of hydrogen-bond acceptors (Lipinski definition) is 4. The van der Waals surface area contributed by atoms with Gasteiger partial charge in [-0.3, -0.25) is 19.3 Å². The lowest BCUT2D eigenvalue weighted by Crippen LogP contribution is -2.36. The topological polar surface area (TPSA) is 71.4 Å². The van der Waals surface area contributed by atoms with E-state index in [1.54, 1.807) is 6.08 Å². The number of carbonyl (C=O) groups excluding carboxylic acids is 3. The Morgan fingerprint density at radius 2 is 1.84 bits per heavy atom. The summed E-state index contributed by atoms with van der Waals surface area (Å²) in [6.07, 6.45) is 3.70. The molecule has 4 rings (SSSR count). The molecule has 1 fully saturated rings. The molecule has 1 aromatic heterocycles. The van der Waals surface area contributed by atoms with Gasteiger partial charge < -0.3 is 9.88 Å². The highest BCUT2D eigenvalue weighted by molar-refractivity contribution is 8.18. The maximum atomic E-state index is 13.0. The molecule has 6 nitrogen and oxygen atoms in total. The maximum absolute atomic E-state index is 13.0. The molecular formula is C24H22FN3O3S. The minimum Gasteiger partial charge on any atom is -0.347 e. The second-order valence-corrected chi connectivity index (χ2v) is 8.96. The van der Waals surface area contributed by atoms with E-state index in [0.29, 0.717) is 11.6 Å². The van der Waals surface area contributed by atoms with Gasteiger partial charge in [0, 0.05) is 34.9 Å². The van der Waals surface area contributed by atoms with Crippen molar-refractivity contribution in [2.24, 2.45) is 5.92 Å². The molecule has 1 N–H and O–H groups in total. The van der Waals surface area contributed by atoms with Crippen molar-refractivity contribution in [3.8, 4) is 0 Å². The van der Waals surface area contributed by atoms with Crippen LogP contribution in [0.1, 0.15) is 19.4 Å². The molecule has 32 heavy (non-hydrogen) atoms. The zero-order valence-electron chi connectivity index (χ0n) is 17.7. The Balaban J connectivity index is 1.54. The fourth-order valence-corrected chi connectivity index (χ4v) is 4.42. The van der Waals surface area contributed by atoms with Crippen molar-refractivity contribution in [1.29, 1.82) is 0 Å². The van der Waals surface area contributed by atoms with Gasteiger partial charge in [0.25, 0.3) is 11.1 Å². The van der Waals surface area contributed by atoms with Crippen LogP contribution in [0.3, 0.4) is 0 Å². The molecule has 0 spiro atoms. The van der Waals surface area contributed by atoms with Gasteiger partial charge in [0.15, 0.2) is 0 Å². The Morgan fingerprint density at radius 3 is 2.56 bits per heavy atom. The number of halogens is 1. The molecule has 1 aliphatic rings. The maximum Gasteiger partial charge on any atom is 0.294 e. The molecule has 164 valence electrons. The van der Waals surface area contributed by atoms with Crippen molar-refractivity contribution in [2.45, 2.75) is 20.4 Å². The predicted molar refractivity (Wildman–Crippen MR) is 124 cm³/mol. The van der Waals surface area contributed by atoms with Crippen molar-refractivity contribution in [3.05, 3.63) is 71.0 Å². The number of hydrogen-bond donors (Lipinski definition) is 1. The van der Waals surface area contributed by atoms with Crippen molar-refractivity contribution in [2.75, 3.05) is 11.9 Å². The van der Waals surface area contributed by atoms with Gasteiger partial charge in [-0.2, -0.15) is 0 Å². The highest BCUT2D eigenvalue weighted by Gasteiger charge is 2.36. The molecule has 2 aromatic carbocycles. The molecule has 1 aliphatic heterocycles. The van der Waals surface area contributed by atoms with E-state index in [4.69, 9.17) is 0 Å². The molecule has 2 heterocycles. The van der Waals surface area contributed by atoms with E-state index in [1.165, 1.54) is 24.3 Å². The van der Waals surface area contributed by atoms with Crippen LogP contribution in [-0.2, 0) is 16.1 Å². The van der Waals surface area contributed by atoms with E-state index in [9.17, 15) is 18.8 Å². The summed E-state index contributed by atoms with van der Waals surface area (Å²) in [5.74, 6) is -1.01. The molecule has 0 aliphatic carbocycles. The molecule has 3 amide bonds. The zero-order chi connectivity index (χ0) is 22.8. The van der Waals surface area contributed by atoms with Crippen LogP contribution in [-0.4, -0.2) is 33.1 Å². The number of para-hydroxylation sites is 1. The van der Waals surface area contributed by atoms with Crippen molar-refractivity contribution in [1.82, 2.24) is 9.47 Å². The van der Waals surface area contributed by atoms with Crippen LogP contribution in [0.2, 0.25) is 0 Å². The van der Waals surface area contributed by atoms with Gasteiger partial charge >= 0.3 is 0 Å². The average Bonchev–Trinajstić information content (AvgIpc) is 3.22. The lowest BCUT2D eigenvalue weighted by molar-refractivity contribution is -0.127. The first kappa shape index (κ1) is 21.8. The fraction of sp³-hybridized carbons (Fsp3) is 0.208. The van der Waals surface area contributed by atoms with E-state index in [1.807, 2.05) is 30.5 Å². The van der Waals surface area contributed by atoms with Gasteiger partial charge in [-0.15, -0.1) is 0 Å². The number of fused-ring (bicyclic) bond motifs is 1. The number of aromatic nitrogens is 1. The Kier molecular flexibility index (Phi) is 6.14. The Morgan fingerprint density at radius 1 is 1.12 bits per heavy atom. The minimum absolute atomic E-state index is 0.275. The van der Waals surface area contributed by atoms with Crippen LogP contribution < -0.4 is 5.32 Å². The highest BCUT2D eigenvalue weighted by Crippen LogP contribution is 2.34. The summed E-state index contributed by atoms with van der Waals surface area (Å²) in [5.41, 5.74) is 2.30. The molecule has 8 heteroatoms. The number of thioether (sulfide) groups is 1. The number of amides is 3. The zero-order valence-corrected chi connectivity index (χ0v) is 18.5. The normalized spacial score (nSPS) is 15.4. The smallest absolute Gasteiger partial charge is 0.294 e. The largest absolute Gasteiger partial charge is 0.347 e. The van der Waals surface area contributed by atoms with Crippen LogP contribution in [0, 0.1) is 11.7 Å². The van der Waals surface area contributed by atoms with Gasteiger partial charge in [-0.05, 0) is 54.1 Å². The molecule has 3 aromatic rings. The first-order chi connectivity index (χ1) is 15.3. The first-order valence-electron chi connectivity index (χ1n) is 10.2. The van der Waals surface area contributed by atoms with Crippen molar-refractivity contribution in [3.63, 3.8) is 0 Å². The van der Waals surface area contributed by atoms with Crippen LogP contribution in [0.4, 0.5) is 14.9 Å². The third-order valence-corrected chi connectivity index (χ3v) is 5.88. The molecule has 0 radical (unpaired) electrons. The van der Waals surface area contributed by atoms with Gasteiger partial charge in [-0.25, -0.2) is 4.39 Å². The lowest BCUT2D eigenvalue weighted by Gasteiger charge is -2.12. The SMILES string of the molecule is CC(C)Cn1cc(C=C2SC(=O)N(CC(=O)Nc3ccc(F)cc3)C2=O)c2ccccc21. The first-order valence-corrected chi connectivity index (χ1v) is 11.0. The summed E-state index contributed by atoms with van der Waals surface area (Å²) in [7, 11) is 0. The number of rotatable bonds is 6. The molecule has 0 atom stereocenters. The summed E-state index contributed by atoms with van der Waals surface area (Å²) in [5, 5.41) is 3.06. The van der Waals surface area contributed by atoms with Crippen molar-refractivity contribution < 1.29 is 18.8 Å². The summed E-state index contributed by atoms with van der Waals surface area (Å²) in [4.78, 5) is 38.8. The van der Waals surface area contributed by atoms with Gasteiger partial charge in [0.1, 0.15) is 12.4 Å². The quantitative estimate of drug-likeness (QED) is 0.529. The average molecular weight is 452 g/mol. The number of benzene rings is 2. The molecular weight excluding hydrogens is 429 g/mol. The molecule has 0 unspecified atom stereocenters. The standard InChI is InChI=1S/C24H22FN3O3S/c1-15(2)12-27-13-16(19-5-3-4-6-20(19)27)11-21-23(30)28(24(31)32-21)14-22(29)26-18-9-7-17(25)8-10-18/h3-11,13,15H,12,14H2,1-2H3,(H,26,29). The number of imide groups is 1.